The normalized spacial score (nSPS) is 20.5. The van der Waals surface area contributed by atoms with Crippen molar-refractivity contribution in [3.05, 3.63) is 0 Å². The first-order chi connectivity index (χ1) is 8.07. The summed E-state index contributed by atoms with van der Waals surface area (Å²) in [6, 6.07) is 0. The molecule has 1 rings (SSSR count). The van der Waals surface area contributed by atoms with Gasteiger partial charge in [0.1, 0.15) is 0 Å². The van der Waals surface area contributed by atoms with Gasteiger partial charge < -0.3 is 20.3 Å². The van der Waals surface area contributed by atoms with Crippen LogP contribution in [0.25, 0.3) is 0 Å². The van der Waals surface area contributed by atoms with Gasteiger partial charge in [0.05, 0.1) is 5.60 Å². The molecule has 0 aromatic carbocycles. The summed E-state index contributed by atoms with van der Waals surface area (Å²) in [4.78, 5) is 5.03. The van der Waals surface area contributed by atoms with Gasteiger partial charge in [-0.3, -0.25) is 0 Å². The summed E-state index contributed by atoms with van der Waals surface area (Å²) in [5, 5.41) is 0. The Labute approximate surface area is 106 Å². The number of nitrogens with zero attached hydrogens (tertiary/aromatic N) is 2. The lowest BCUT2D eigenvalue weighted by molar-refractivity contribution is 0.00771. The summed E-state index contributed by atoms with van der Waals surface area (Å²) in [6.45, 7) is 12.0. The highest BCUT2D eigenvalue weighted by Crippen LogP contribution is 2.14. The van der Waals surface area contributed by atoms with Gasteiger partial charge in [-0.2, -0.15) is 0 Å². The fraction of sp³-hybridized carbons (Fsp3) is 1.00. The Bertz CT molecular complexity index is 209. The molecule has 1 fully saturated rings. The van der Waals surface area contributed by atoms with Crippen LogP contribution in [0, 0.1) is 0 Å². The van der Waals surface area contributed by atoms with Gasteiger partial charge in [-0.15, -0.1) is 0 Å². The third-order valence-corrected chi connectivity index (χ3v) is 3.71. The minimum atomic E-state index is 0.00322. The summed E-state index contributed by atoms with van der Waals surface area (Å²) in [5.74, 6) is 0. The molecule has 17 heavy (non-hydrogen) atoms. The topological polar surface area (TPSA) is 41.7 Å². The summed E-state index contributed by atoms with van der Waals surface area (Å²) >= 11 is 0. The van der Waals surface area contributed by atoms with E-state index in [2.05, 4.69) is 23.6 Å². The van der Waals surface area contributed by atoms with Gasteiger partial charge in [-0.25, -0.2) is 0 Å². The molecule has 0 aromatic heterocycles. The molecule has 1 heterocycles. The van der Waals surface area contributed by atoms with Crippen molar-refractivity contribution < 1.29 is 4.74 Å². The first-order valence-corrected chi connectivity index (χ1v) is 6.77. The van der Waals surface area contributed by atoms with Crippen LogP contribution in [0.5, 0.6) is 0 Å². The fourth-order valence-corrected chi connectivity index (χ4v) is 2.18. The van der Waals surface area contributed by atoms with Crippen molar-refractivity contribution in [2.75, 3.05) is 52.9 Å². The maximum atomic E-state index is 5.61. The zero-order valence-corrected chi connectivity index (χ0v) is 11.7. The van der Waals surface area contributed by atoms with E-state index in [1.54, 1.807) is 7.11 Å². The van der Waals surface area contributed by atoms with Gasteiger partial charge in [0.25, 0.3) is 0 Å². The Kier molecular flexibility index (Phi) is 6.41. The number of ether oxygens (including phenoxy) is 1. The molecule has 2 N–H and O–H groups in total. The van der Waals surface area contributed by atoms with E-state index in [4.69, 9.17) is 10.5 Å². The molecule has 0 atom stereocenters. The van der Waals surface area contributed by atoms with Crippen molar-refractivity contribution in [1.82, 2.24) is 9.80 Å². The second-order valence-corrected chi connectivity index (χ2v) is 5.54. The first-order valence-electron chi connectivity index (χ1n) is 6.77. The van der Waals surface area contributed by atoms with Crippen molar-refractivity contribution in [2.24, 2.45) is 5.73 Å². The number of nitrogens with two attached hydrogens (primary N) is 1. The van der Waals surface area contributed by atoms with Gasteiger partial charge in [0.15, 0.2) is 0 Å². The minimum Gasteiger partial charge on any atom is -0.379 e. The fourth-order valence-electron chi connectivity index (χ4n) is 2.18. The highest BCUT2D eigenvalue weighted by molar-refractivity contribution is 4.74. The van der Waals surface area contributed by atoms with Crippen molar-refractivity contribution in [3.8, 4) is 0 Å². The molecule has 0 unspecified atom stereocenters. The predicted octanol–water partition coefficient (Wildman–Crippen LogP) is 0.768. The van der Waals surface area contributed by atoms with E-state index in [-0.39, 0.29) is 5.60 Å². The number of rotatable bonds is 6. The molecule has 0 aliphatic carbocycles. The van der Waals surface area contributed by atoms with E-state index >= 15 is 0 Å². The van der Waals surface area contributed by atoms with Crippen LogP contribution in [0.3, 0.4) is 0 Å². The van der Waals surface area contributed by atoms with Crippen LogP contribution < -0.4 is 5.73 Å². The Balaban J connectivity index is 2.27. The predicted molar refractivity (Wildman–Crippen MR) is 72.3 cm³/mol. The summed E-state index contributed by atoms with van der Waals surface area (Å²) in [6.07, 6.45) is 2.35. The molecule has 0 aromatic rings. The average molecular weight is 243 g/mol. The SMILES string of the molecule is COC(C)(C)CCN1CCCN(CCN)CC1. The molecular weight excluding hydrogens is 214 g/mol. The molecule has 4 heteroatoms. The van der Waals surface area contributed by atoms with E-state index < -0.39 is 0 Å². The van der Waals surface area contributed by atoms with Gasteiger partial charge in [-0.1, -0.05) is 0 Å². The lowest BCUT2D eigenvalue weighted by Gasteiger charge is -2.27. The van der Waals surface area contributed by atoms with E-state index in [1.807, 2.05) is 0 Å². The largest absolute Gasteiger partial charge is 0.379 e. The molecule has 1 aliphatic heterocycles. The van der Waals surface area contributed by atoms with Crippen LogP contribution in [0.2, 0.25) is 0 Å². The van der Waals surface area contributed by atoms with Gasteiger partial charge in [0, 0.05) is 39.8 Å². The lowest BCUT2D eigenvalue weighted by Crippen LogP contribution is -2.36. The van der Waals surface area contributed by atoms with Crippen LogP contribution in [0.1, 0.15) is 26.7 Å². The zero-order valence-electron chi connectivity index (χ0n) is 11.7. The van der Waals surface area contributed by atoms with Gasteiger partial charge in [-0.05, 0) is 39.8 Å². The molecule has 0 saturated carbocycles. The van der Waals surface area contributed by atoms with E-state index in [0.29, 0.717) is 0 Å². The number of hydrogen-bond acceptors (Lipinski definition) is 4. The van der Waals surface area contributed by atoms with E-state index in [9.17, 15) is 0 Å². The zero-order chi connectivity index (χ0) is 12.7. The Morgan fingerprint density at radius 2 is 1.65 bits per heavy atom. The Hall–Kier alpha value is -0.160. The second-order valence-electron chi connectivity index (χ2n) is 5.54. The number of hydrogen-bond donors (Lipinski definition) is 1. The van der Waals surface area contributed by atoms with Gasteiger partial charge >= 0.3 is 0 Å². The highest BCUT2D eigenvalue weighted by Gasteiger charge is 2.19. The van der Waals surface area contributed by atoms with Crippen LogP contribution in [-0.4, -0.2) is 68.3 Å². The van der Waals surface area contributed by atoms with Crippen LogP contribution in [0.15, 0.2) is 0 Å². The molecule has 0 spiro atoms. The minimum absolute atomic E-state index is 0.00322. The molecule has 1 saturated heterocycles. The highest BCUT2D eigenvalue weighted by atomic mass is 16.5. The summed E-state index contributed by atoms with van der Waals surface area (Å²) < 4.78 is 5.47. The standard InChI is InChI=1S/C13H29N3O/c1-13(2,17-3)5-9-15-7-4-8-16(10-6-14)12-11-15/h4-12,14H2,1-3H3. The van der Waals surface area contributed by atoms with Crippen LogP contribution in [-0.2, 0) is 4.74 Å². The summed E-state index contributed by atoms with van der Waals surface area (Å²) in [7, 11) is 1.80. The average Bonchev–Trinajstić information content (AvgIpc) is 2.53. The molecular formula is C13H29N3O. The molecule has 0 radical (unpaired) electrons. The monoisotopic (exact) mass is 243 g/mol. The molecule has 102 valence electrons. The van der Waals surface area contributed by atoms with Crippen molar-refractivity contribution in [2.45, 2.75) is 32.3 Å². The van der Waals surface area contributed by atoms with Gasteiger partial charge in [0.2, 0.25) is 0 Å². The maximum absolute atomic E-state index is 5.61. The van der Waals surface area contributed by atoms with E-state index in [1.165, 1.54) is 26.1 Å². The summed E-state index contributed by atoms with van der Waals surface area (Å²) in [5.41, 5.74) is 5.61. The van der Waals surface area contributed by atoms with Crippen molar-refractivity contribution in [1.29, 1.82) is 0 Å². The molecule has 4 nitrogen and oxygen atoms in total. The molecule has 1 aliphatic rings. The third kappa shape index (κ3) is 5.82. The third-order valence-electron chi connectivity index (χ3n) is 3.71. The first kappa shape index (κ1) is 14.9. The van der Waals surface area contributed by atoms with Crippen LogP contribution >= 0.6 is 0 Å². The van der Waals surface area contributed by atoms with Crippen LogP contribution in [0.4, 0.5) is 0 Å². The van der Waals surface area contributed by atoms with Crippen molar-refractivity contribution in [3.63, 3.8) is 0 Å². The second kappa shape index (κ2) is 7.31. The van der Waals surface area contributed by atoms with E-state index in [0.717, 1.165) is 32.6 Å². The number of methoxy groups -OCH3 is 1. The maximum Gasteiger partial charge on any atom is 0.0634 e. The molecule has 0 amide bonds. The quantitative estimate of drug-likeness (QED) is 0.748. The van der Waals surface area contributed by atoms with Crippen molar-refractivity contribution >= 4 is 0 Å². The smallest absolute Gasteiger partial charge is 0.0634 e. The molecule has 0 bridgehead atoms. The Morgan fingerprint density at radius 1 is 1.06 bits per heavy atom. The lowest BCUT2D eigenvalue weighted by atomic mass is 10.1. The Morgan fingerprint density at radius 3 is 2.18 bits per heavy atom.